The third kappa shape index (κ3) is 2.91. The van der Waals surface area contributed by atoms with E-state index in [1.807, 2.05) is 12.1 Å². The molecule has 14 heavy (non-hydrogen) atoms. The summed E-state index contributed by atoms with van der Waals surface area (Å²) in [6.45, 7) is 4.84. The molecule has 0 aliphatic rings. The van der Waals surface area contributed by atoms with Crippen LogP contribution in [0.1, 0.15) is 18.4 Å². The molecule has 0 saturated carbocycles. The fourth-order valence-electron chi connectivity index (χ4n) is 1.25. The zero-order chi connectivity index (χ0) is 10.4. The van der Waals surface area contributed by atoms with Crippen molar-refractivity contribution in [1.82, 2.24) is 4.90 Å². The fraction of sp³-hybridized carbons (Fsp3) is 0.455. The molecule has 76 valence electrons. The molecule has 3 nitrogen and oxygen atoms in total. The number of furan rings is 1. The minimum atomic E-state index is 0.446. The van der Waals surface area contributed by atoms with E-state index in [4.69, 9.17) is 16.6 Å². The highest BCUT2D eigenvalue weighted by Gasteiger charge is 2.05. The maximum absolute atomic E-state index is 5.48. The molecule has 1 aromatic rings. The van der Waals surface area contributed by atoms with Crippen LogP contribution in [0.4, 0.5) is 0 Å². The first-order valence-corrected chi connectivity index (χ1v) is 4.73. The van der Waals surface area contributed by atoms with Crippen molar-refractivity contribution in [3.63, 3.8) is 0 Å². The largest absolute Gasteiger partial charge is 0.463 e. The van der Waals surface area contributed by atoms with Gasteiger partial charge in [0.05, 0.1) is 19.6 Å². The average Bonchev–Trinajstić information content (AvgIpc) is 2.65. The zero-order valence-corrected chi connectivity index (χ0v) is 8.49. The van der Waals surface area contributed by atoms with E-state index >= 15 is 0 Å². The lowest BCUT2D eigenvalue weighted by Gasteiger charge is -2.15. The molecule has 0 atom stereocenters. The minimum absolute atomic E-state index is 0.446. The molecule has 0 fully saturated rings. The normalized spacial score (nSPS) is 10.4. The summed E-state index contributed by atoms with van der Waals surface area (Å²) in [7, 11) is 0. The summed E-state index contributed by atoms with van der Waals surface area (Å²) >= 11 is 0. The average molecular weight is 192 g/mol. The molecule has 1 heterocycles. The molecule has 0 saturated heterocycles. The van der Waals surface area contributed by atoms with E-state index in [9.17, 15) is 0 Å². The highest BCUT2D eigenvalue weighted by atomic mass is 16.3. The van der Waals surface area contributed by atoms with Crippen LogP contribution in [0.5, 0.6) is 0 Å². The van der Waals surface area contributed by atoms with Crippen molar-refractivity contribution in [3.05, 3.63) is 23.7 Å². The predicted octanol–water partition coefficient (Wildman–Crippen LogP) is 1.19. The SMILES string of the molecule is C#CCN(CC)Cc1ccc(CN)o1. The van der Waals surface area contributed by atoms with E-state index < -0.39 is 0 Å². The third-order valence-electron chi connectivity index (χ3n) is 2.06. The molecule has 0 amide bonds. The fourth-order valence-corrected chi connectivity index (χ4v) is 1.25. The van der Waals surface area contributed by atoms with Gasteiger partial charge in [0.2, 0.25) is 0 Å². The maximum Gasteiger partial charge on any atom is 0.118 e. The van der Waals surface area contributed by atoms with Crippen molar-refractivity contribution in [3.8, 4) is 12.3 Å². The molecule has 3 heteroatoms. The molecule has 0 spiro atoms. The summed E-state index contributed by atoms with van der Waals surface area (Å²) in [6, 6.07) is 3.85. The van der Waals surface area contributed by atoms with E-state index in [0.29, 0.717) is 13.1 Å². The number of rotatable bonds is 5. The van der Waals surface area contributed by atoms with Gasteiger partial charge in [-0.15, -0.1) is 6.42 Å². The monoisotopic (exact) mass is 192 g/mol. The topological polar surface area (TPSA) is 42.4 Å². The van der Waals surface area contributed by atoms with Crippen LogP contribution in [0.25, 0.3) is 0 Å². The molecule has 1 aromatic heterocycles. The predicted molar refractivity (Wildman–Crippen MR) is 56.4 cm³/mol. The second-order valence-electron chi connectivity index (χ2n) is 3.08. The zero-order valence-electron chi connectivity index (χ0n) is 8.49. The summed E-state index contributed by atoms with van der Waals surface area (Å²) in [5, 5.41) is 0. The smallest absolute Gasteiger partial charge is 0.118 e. The van der Waals surface area contributed by atoms with Crippen molar-refractivity contribution in [2.45, 2.75) is 20.0 Å². The Bertz CT molecular complexity index is 311. The summed E-state index contributed by atoms with van der Waals surface area (Å²) in [5.41, 5.74) is 5.45. The molecular weight excluding hydrogens is 176 g/mol. The van der Waals surface area contributed by atoms with Gasteiger partial charge in [-0.1, -0.05) is 12.8 Å². The number of hydrogen-bond acceptors (Lipinski definition) is 3. The van der Waals surface area contributed by atoms with E-state index in [1.165, 1.54) is 0 Å². The Kier molecular flexibility index (Phi) is 4.24. The Balaban J connectivity index is 2.54. The van der Waals surface area contributed by atoms with Gasteiger partial charge < -0.3 is 10.2 Å². The van der Waals surface area contributed by atoms with Gasteiger partial charge in [0.1, 0.15) is 11.5 Å². The minimum Gasteiger partial charge on any atom is -0.463 e. The van der Waals surface area contributed by atoms with Gasteiger partial charge in [-0.25, -0.2) is 0 Å². The molecule has 0 aliphatic carbocycles. The molecular formula is C11H16N2O. The standard InChI is InChI=1S/C11H16N2O/c1-3-7-13(4-2)9-11-6-5-10(8-12)14-11/h1,5-6H,4,7-9,12H2,2H3. The first-order chi connectivity index (χ1) is 6.80. The van der Waals surface area contributed by atoms with Crippen LogP contribution in [-0.2, 0) is 13.1 Å². The lowest BCUT2D eigenvalue weighted by atomic mass is 10.4. The van der Waals surface area contributed by atoms with Gasteiger partial charge >= 0.3 is 0 Å². The Morgan fingerprint density at radius 1 is 1.50 bits per heavy atom. The van der Waals surface area contributed by atoms with E-state index in [2.05, 4.69) is 17.7 Å². The third-order valence-corrected chi connectivity index (χ3v) is 2.06. The van der Waals surface area contributed by atoms with Crippen LogP contribution >= 0.6 is 0 Å². The highest BCUT2D eigenvalue weighted by molar-refractivity contribution is 5.07. The van der Waals surface area contributed by atoms with Crippen molar-refractivity contribution < 1.29 is 4.42 Å². The summed E-state index contributed by atoms with van der Waals surface area (Å²) < 4.78 is 5.48. The lowest BCUT2D eigenvalue weighted by molar-refractivity contribution is 0.281. The molecule has 0 bridgehead atoms. The van der Waals surface area contributed by atoms with E-state index in [-0.39, 0.29) is 0 Å². The first-order valence-electron chi connectivity index (χ1n) is 4.73. The number of terminal acetylenes is 1. The van der Waals surface area contributed by atoms with Gasteiger partial charge in [0.25, 0.3) is 0 Å². The van der Waals surface area contributed by atoms with E-state index in [0.717, 1.165) is 24.6 Å². The second-order valence-corrected chi connectivity index (χ2v) is 3.08. The molecule has 0 unspecified atom stereocenters. The van der Waals surface area contributed by atoms with Gasteiger partial charge in [0, 0.05) is 0 Å². The lowest BCUT2D eigenvalue weighted by Crippen LogP contribution is -2.22. The summed E-state index contributed by atoms with van der Waals surface area (Å²) in [6.07, 6.45) is 5.25. The second kappa shape index (κ2) is 5.48. The Hall–Kier alpha value is -1.24. The summed E-state index contributed by atoms with van der Waals surface area (Å²) in [5.74, 6) is 4.35. The molecule has 0 radical (unpaired) electrons. The number of nitrogens with two attached hydrogens (primary N) is 1. The van der Waals surface area contributed by atoms with Gasteiger partial charge in [-0.2, -0.15) is 0 Å². The van der Waals surface area contributed by atoms with Gasteiger partial charge in [-0.05, 0) is 18.7 Å². The van der Waals surface area contributed by atoms with Crippen LogP contribution in [-0.4, -0.2) is 18.0 Å². The van der Waals surface area contributed by atoms with Crippen LogP contribution < -0.4 is 5.73 Å². The molecule has 0 aromatic carbocycles. The Morgan fingerprint density at radius 2 is 2.21 bits per heavy atom. The van der Waals surface area contributed by atoms with Crippen molar-refractivity contribution in [2.24, 2.45) is 5.73 Å². The number of nitrogens with zero attached hydrogens (tertiary/aromatic N) is 1. The first kappa shape index (κ1) is 10.8. The van der Waals surface area contributed by atoms with Crippen LogP contribution in [0.2, 0.25) is 0 Å². The molecule has 2 N–H and O–H groups in total. The van der Waals surface area contributed by atoms with Gasteiger partial charge in [0.15, 0.2) is 0 Å². The maximum atomic E-state index is 5.48. The highest BCUT2D eigenvalue weighted by Crippen LogP contribution is 2.09. The molecule has 1 rings (SSSR count). The quantitative estimate of drug-likeness (QED) is 0.713. The van der Waals surface area contributed by atoms with Crippen LogP contribution in [0.15, 0.2) is 16.5 Å². The van der Waals surface area contributed by atoms with E-state index in [1.54, 1.807) is 0 Å². The van der Waals surface area contributed by atoms with Crippen LogP contribution in [0.3, 0.4) is 0 Å². The molecule has 0 aliphatic heterocycles. The van der Waals surface area contributed by atoms with Gasteiger partial charge in [-0.3, -0.25) is 4.90 Å². The Morgan fingerprint density at radius 3 is 2.71 bits per heavy atom. The van der Waals surface area contributed by atoms with Crippen molar-refractivity contribution in [2.75, 3.05) is 13.1 Å². The number of hydrogen-bond donors (Lipinski definition) is 1. The van der Waals surface area contributed by atoms with Crippen LogP contribution in [0, 0.1) is 12.3 Å². The van der Waals surface area contributed by atoms with Crippen molar-refractivity contribution >= 4 is 0 Å². The summed E-state index contributed by atoms with van der Waals surface area (Å²) in [4.78, 5) is 2.12. The van der Waals surface area contributed by atoms with Crippen molar-refractivity contribution in [1.29, 1.82) is 0 Å². The Labute approximate surface area is 84.9 Å².